The van der Waals surface area contributed by atoms with Gasteiger partial charge in [-0.15, -0.1) is 0 Å². The predicted octanol–water partition coefficient (Wildman–Crippen LogP) is 3.44. The van der Waals surface area contributed by atoms with E-state index in [1.54, 1.807) is 0 Å². The summed E-state index contributed by atoms with van der Waals surface area (Å²) in [7, 11) is 10.7. The number of hydrogen-bond donors (Lipinski definition) is 0. The van der Waals surface area contributed by atoms with Gasteiger partial charge < -0.3 is 0 Å². The fraction of sp³-hybridized carbons (Fsp3) is 0. The number of hydrogen-bond acceptors (Lipinski definition) is 0. The minimum atomic E-state index is -0.667. The maximum atomic E-state index is 4.16. The average Bonchev–Trinajstić information content (AvgIpc) is 1.33. The van der Waals surface area contributed by atoms with Crippen LogP contribution in [0, 0.1) is 0 Å². The molecule has 0 saturated heterocycles. The minimum absolute atomic E-state index is 0.211. The summed E-state index contributed by atoms with van der Waals surface area (Å²) in [6.07, 6.45) is 0. The second-order valence-corrected chi connectivity index (χ2v) is 12.1. The van der Waals surface area contributed by atoms with E-state index in [2.05, 4.69) is 41.4 Å². The Morgan fingerprint density at radius 1 is 1.29 bits per heavy atom. The van der Waals surface area contributed by atoms with Crippen LogP contribution in [0.4, 0.5) is 0 Å². The first-order chi connectivity index (χ1) is 3.15. The molecule has 0 aliphatic rings. The maximum absolute atomic E-state index is 4.16. The topological polar surface area (TPSA) is 0 Å². The fourth-order valence-corrected chi connectivity index (χ4v) is 0. The Balaban J connectivity index is 0. The second-order valence-electron chi connectivity index (χ2n) is 0.270. The van der Waals surface area contributed by atoms with E-state index in [0.717, 1.165) is 0 Å². The van der Waals surface area contributed by atoms with Crippen molar-refractivity contribution in [1.29, 1.82) is 0 Å². The van der Waals surface area contributed by atoms with Gasteiger partial charge >= 0.3 is 67.3 Å². The van der Waals surface area contributed by atoms with Crippen molar-refractivity contribution >= 4 is 28.5 Å². The van der Waals surface area contributed by atoms with Gasteiger partial charge in [-0.2, -0.15) is 0 Å². The summed E-state index contributed by atoms with van der Waals surface area (Å²) < 4.78 is 0. The molecule has 0 aromatic heterocycles. The molecule has 0 aliphatic heterocycles. The quantitative estimate of drug-likeness (QED) is 0.470. The summed E-state index contributed by atoms with van der Waals surface area (Å²) in [6, 6.07) is 0. The average molecular weight is 334 g/mol. The van der Waals surface area contributed by atoms with E-state index in [1.165, 1.54) is 0 Å². The van der Waals surface area contributed by atoms with Gasteiger partial charge in [0.25, 0.3) is 0 Å². The zero-order valence-electron chi connectivity index (χ0n) is 2.87. The Labute approximate surface area is 66.4 Å². The first-order valence-electron chi connectivity index (χ1n) is 0.786. The van der Waals surface area contributed by atoms with Gasteiger partial charge in [-0.05, 0) is 0 Å². The molecule has 44 valence electrons. The molecule has 0 spiro atoms. The van der Waals surface area contributed by atoms with E-state index in [9.17, 15) is 0 Å². The molecule has 0 saturated carbocycles. The molecule has 0 heterocycles. The molecule has 0 radical (unpaired) electrons. The SMILES string of the molecule is [P]#[Fe](#[P])#[P].[P]#[Mo][Ni]. The van der Waals surface area contributed by atoms with Crippen molar-refractivity contribution in [2.75, 3.05) is 0 Å². The Morgan fingerprint density at radius 3 is 1.29 bits per heavy atom. The van der Waals surface area contributed by atoms with Crippen LogP contribution in [0.15, 0.2) is 0 Å². The van der Waals surface area contributed by atoms with Crippen molar-refractivity contribution in [3.05, 3.63) is 0 Å². The van der Waals surface area contributed by atoms with Gasteiger partial charge in [0, 0.05) is 0 Å². The summed E-state index contributed by atoms with van der Waals surface area (Å²) in [5.74, 6) is 0. The Hall–Kier alpha value is 3.42. The second kappa shape index (κ2) is 12.1. The summed E-state index contributed by atoms with van der Waals surface area (Å²) in [5, 5.41) is 0. The zero-order chi connectivity index (χ0) is 6.28. The molecule has 0 atom stereocenters. The molecule has 0 bridgehead atoms. The molecule has 0 aliphatic carbocycles. The zero-order valence-corrected chi connectivity index (χ0v) is 10.5. The Morgan fingerprint density at radius 2 is 1.29 bits per heavy atom. The van der Waals surface area contributed by atoms with Crippen molar-refractivity contribution in [2.24, 2.45) is 0 Å². The third-order valence-electron chi connectivity index (χ3n) is 0. The van der Waals surface area contributed by atoms with Gasteiger partial charge in [-0.25, -0.2) is 0 Å². The van der Waals surface area contributed by atoms with Crippen molar-refractivity contribution < 1.29 is 38.8 Å². The molecule has 0 fully saturated rings. The first-order valence-corrected chi connectivity index (χ1v) is 12.3. The van der Waals surface area contributed by atoms with Crippen LogP contribution < -0.4 is 0 Å². The van der Waals surface area contributed by atoms with Crippen LogP contribution in [0.25, 0.3) is 0 Å². The first kappa shape index (κ1) is 13.0. The van der Waals surface area contributed by atoms with Gasteiger partial charge in [0.15, 0.2) is 0 Å². The van der Waals surface area contributed by atoms with Gasteiger partial charge in [0.1, 0.15) is 0 Å². The van der Waals surface area contributed by atoms with Crippen molar-refractivity contribution in [3.63, 3.8) is 0 Å². The molecule has 0 aromatic carbocycles. The normalized spacial score (nSPS) is 4.86. The van der Waals surface area contributed by atoms with E-state index in [-0.39, 0.29) is 15.4 Å². The predicted molar refractivity (Wildman–Crippen MR) is 27.7 cm³/mol. The van der Waals surface area contributed by atoms with Crippen molar-refractivity contribution in [2.45, 2.75) is 0 Å². The van der Waals surface area contributed by atoms with Crippen LogP contribution in [0.1, 0.15) is 0 Å². The van der Waals surface area contributed by atoms with Gasteiger partial charge in [0.05, 0.1) is 0 Å². The van der Waals surface area contributed by atoms with Gasteiger partial charge in [0.2, 0.25) is 0 Å². The van der Waals surface area contributed by atoms with Crippen LogP contribution in [-0.2, 0) is 38.8 Å². The Kier molecular flexibility index (Phi) is 22.6. The molecular formula is FeMoNiP4. The summed E-state index contributed by atoms with van der Waals surface area (Å²) in [6.45, 7) is 3.75. The third kappa shape index (κ3) is 44.3. The fourth-order valence-electron chi connectivity index (χ4n) is 0. The summed E-state index contributed by atoms with van der Waals surface area (Å²) in [5.41, 5.74) is 0. The van der Waals surface area contributed by atoms with E-state index < -0.39 is 10.5 Å². The van der Waals surface area contributed by atoms with Crippen molar-refractivity contribution in [3.8, 4) is 0 Å². The van der Waals surface area contributed by atoms with Crippen LogP contribution in [0.3, 0.4) is 0 Å². The molecule has 0 rings (SSSR count). The monoisotopic (exact) mass is 336 g/mol. The van der Waals surface area contributed by atoms with E-state index in [0.29, 0.717) is 0 Å². The van der Waals surface area contributed by atoms with Crippen LogP contribution in [-0.4, -0.2) is 0 Å². The molecule has 0 amide bonds. The standard InChI is InChI=1S/Fe.Mo.Ni.4P. The summed E-state index contributed by atoms with van der Waals surface area (Å²) in [4.78, 5) is 0. The van der Waals surface area contributed by atoms with Crippen LogP contribution >= 0.6 is 28.5 Å². The third-order valence-corrected chi connectivity index (χ3v) is 0. The van der Waals surface area contributed by atoms with E-state index in [1.807, 2.05) is 0 Å². The molecule has 7 heteroatoms. The molecule has 0 nitrogen and oxygen atoms in total. The number of rotatable bonds is 0. The molecular weight excluding hydrogens is 334 g/mol. The molecule has 0 N–H and O–H groups in total. The van der Waals surface area contributed by atoms with Gasteiger partial charge in [-0.1, -0.05) is 0 Å². The summed E-state index contributed by atoms with van der Waals surface area (Å²) >= 11 is 3.95. The Bertz CT molecular complexity index is 298. The van der Waals surface area contributed by atoms with E-state index in [4.69, 9.17) is 0 Å². The molecule has 7 heavy (non-hydrogen) atoms. The van der Waals surface area contributed by atoms with Crippen LogP contribution in [0.5, 0.6) is 0 Å². The van der Waals surface area contributed by atoms with E-state index >= 15 is 0 Å². The van der Waals surface area contributed by atoms with Crippen LogP contribution in [0.2, 0.25) is 0 Å². The molecule has 0 unspecified atom stereocenters. The van der Waals surface area contributed by atoms with Crippen molar-refractivity contribution in [1.82, 2.24) is 0 Å². The van der Waals surface area contributed by atoms with Gasteiger partial charge in [-0.3, -0.25) is 0 Å². The molecule has 0 aromatic rings.